The van der Waals surface area contributed by atoms with Gasteiger partial charge in [-0.15, -0.1) is 0 Å². The first-order valence-electron chi connectivity index (χ1n) is 2.05. The van der Waals surface area contributed by atoms with Crippen LogP contribution < -0.4 is 0 Å². The molecule has 36 valence electrons. The second-order valence-corrected chi connectivity index (χ2v) is 1.32. The first-order valence-corrected chi connectivity index (χ1v) is 2.05. The Kier molecular flexibility index (Phi) is 0.783. The van der Waals surface area contributed by atoms with Crippen molar-refractivity contribution in [2.75, 3.05) is 6.61 Å². The highest BCUT2D eigenvalue weighted by Crippen LogP contribution is 2.01. The molecule has 0 spiro atoms. The SMILES string of the molecule is O=C1CCCO1.[HH]. The van der Waals surface area contributed by atoms with Crippen molar-refractivity contribution in [1.29, 1.82) is 0 Å². The molecule has 1 saturated heterocycles. The molecule has 0 N–H and O–H groups in total. The van der Waals surface area contributed by atoms with Crippen molar-refractivity contribution in [3.05, 3.63) is 0 Å². The Labute approximate surface area is 37.6 Å². The van der Waals surface area contributed by atoms with Gasteiger partial charge in [-0.2, -0.15) is 0 Å². The fourth-order valence-electron chi connectivity index (χ4n) is 0.475. The molecule has 0 unspecified atom stereocenters. The molecule has 6 heavy (non-hydrogen) atoms. The molecule has 1 aliphatic rings. The average molecular weight is 88.1 g/mol. The number of hydrogen-bond donors (Lipinski definition) is 0. The number of esters is 1. The quantitative estimate of drug-likeness (QED) is 0.404. The molecule has 0 atom stereocenters. The molecule has 0 aromatic heterocycles. The van der Waals surface area contributed by atoms with E-state index in [1.54, 1.807) is 0 Å². The minimum atomic E-state index is -0.0463. The highest BCUT2D eigenvalue weighted by Gasteiger charge is 2.08. The molecule has 0 aromatic carbocycles. The first-order chi connectivity index (χ1) is 2.89. The molecule has 0 saturated carbocycles. The fourth-order valence-corrected chi connectivity index (χ4v) is 0.475. The van der Waals surface area contributed by atoms with Gasteiger partial charge in [0.15, 0.2) is 0 Å². The molecule has 1 aliphatic heterocycles. The third-order valence-corrected chi connectivity index (χ3v) is 0.788. The lowest BCUT2D eigenvalue weighted by Gasteiger charge is -1.81. The summed E-state index contributed by atoms with van der Waals surface area (Å²) in [5.74, 6) is -0.0463. The van der Waals surface area contributed by atoms with E-state index in [0.717, 1.165) is 6.42 Å². The Morgan fingerprint density at radius 3 is 2.83 bits per heavy atom. The zero-order chi connectivity index (χ0) is 4.41. The lowest BCUT2D eigenvalue weighted by molar-refractivity contribution is -0.137. The van der Waals surface area contributed by atoms with Crippen LogP contribution in [0.1, 0.15) is 14.3 Å². The summed E-state index contributed by atoms with van der Waals surface area (Å²) in [6.07, 6.45) is 1.54. The lowest BCUT2D eigenvalue weighted by atomic mass is 10.4. The Morgan fingerprint density at radius 2 is 2.67 bits per heavy atom. The molecular formula is C4H8O2. The number of hydrogen-bond acceptors (Lipinski definition) is 2. The summed E-state index contributed by atoms with van der Waals surface area (Å²) in [4.78, 5) is 10.0. The van der Waals surface area contributed by atoms with Crippen molar-refractivity contribution in [2.24, 2.45) is 0 Å². The van der Waals surface area contributed by atoms with Crippen molar-refractivity contribution in [2.45, 2.75) is 12.8 Å². The van der Waals surface area contributed by atoms with E-state index in [2.05, 4.69) is 4.74 Å². The summed E-state index contributed by atoms with van der Waals surface area (Å²) in [5.41, 5.74) is 0. The molecular weight excluding hydrogens is 80.0 g/mol. The minimum absolute atomic E-state index is 0. The normalized spacial score (nSPS) is 21.0. The highest BCUT2D eigenvalue weighted by atomic mass is 16.5. The maximum Gasteiger partial charge on any atom is 0.305 e. The number of rotatable bonds is 0. The molecule has 0 amide bonds. The van der Waals surface area contributed by atoms with Gasteiger partial charge in [0.2, 0.25) is 0 Å². The summed E-state index contributed by atoms with van der Waals surface area (Å²) in [7, 11) is 0. The first kappa shape index (κ1) is 3.65. The van der Waals surface area contributed by atoms with Crippen LogP contribution in [-0.2, 0) is 9.53 Å². The summed E-state index contributed by atoms with van der Waals surface area (Å²) in [6, 6.07) is 0. The number of ether oxygens (including phenoxy) is 1. The molecule has 1 rings (SSSR count). The summed E-state index contributed by atoms with van der Waals surface area (Å²) < 4.78 is 4.51. The Morgan fingerprint density at radius 1 is 1.83 bits per heavy atom. The van der Waals surface area contributed by atoms with Crippen LogP contribution in [0.15, 0.2) is 0 Å². The largest absolute Gasteiger partial charge is 0.466 e. The van der Waals surface area contributed by atoms with Gasteiger partial charge in [0.25, 0.3) is 0 Å². The van der Waals surface area contributed by atoms with E-state index >= 15 is 0 Å². The lowest BCUT2D eigenvalue weighted by Crippen LogP contribution is -1.88. The van der Waals surface area contributed by atoms with Crippen LogP contribution in [-0.4, -0.2) is 12.6 Å². The third kappa shape index (κ3) is 0.506. The van der Waals surface area contributed by atoms with Gasteiger partial charge >= 0.3 is 5.97 Å². The van der Waals surface area contributed by atoms with Gasteiger partial charge in [-0.05, 0) is 6.42 Å². The van der Waals surface area contributed by atoms with Crippen LogP contribution in [0.5, 0.6) is 0 Å². The molecule has 1 fully saturated rings. The summed E-state index contributed by atoms with van der Waals surface area (Å²) in [5, 5.41) is 0. The standard InChI is InChI=1S/C4H6O2.H2/c5-4-2-1-3-6-4;/h1-3H2;1H. The smallest absolute Gasteiger partial charge is 0.305 e. The monoisotopic (exact) mass is 88.1 g/mol. The van der Waals surface area contributed by atoms with Crippen LogP contribution in [0.2, 0.25) is 0 Å². The van der Waals surface area contributed by atoms with Crippen molar-refractivity contribution >= 4 is 5.97 Å². The topological polar surface area (TPSA) is 26.3 Å². The average Bonchev–Trinajstić information content (AvgIpc) is 1.86. The van der Waals surface area contributed by atoms with Gasteiger partial charge in [0.05, 0.1) is 6.61 Å². The van der Waals surface area contributed by atoms with Crippen LogP contribution in [0, 0.1) is 0 Å². The third-order valence-electron chi connectivity index (χ3n) is 0.788. The predicted molar refractivity (Wildman–Crippen MR) is 22.3 cm³/mol. The van der Waals surface area contributed by atoms with Crippen molar-refractivity contribution in [3.63, 3.8) is 0 Å². The molecule has 0 aliphatic carbocycles. The van der Waals surface area contributed by atoms with Gasteiger partial charge in [0, 0.05) is 7.85 Å². The second-order valence-electron chi connectivity index (χ2n) is 1.32. The van der Waals surface area contributed by atoms with Crippen LogP contribution >= 0.6 is 0 Å². The van der Waals surface area contributed by atoms with E-state index < -0.39 is 0 Å². The minimum Gasteiger partial charge on any atom is -0.466 e. The highest BCUT2D eigenvalue weighted by molar-refractivity contribution is 5.70. The van der Waals surface area contributed by atoms with Gasteiger partial charge in [-0.25, -0.2) is 0 Å². The van der Waals surface area contributed by atoms with Gasteiger partial charge in [-0.1, -0.05) is 0 Å². The van der Waals surface area contributed by atoms with E-state index in [4.69, 9.17) is 0 Å². The maximum atomic E-state index is 10.0. The van der Waals surface area contributed by atoms with Crippen molar-refractivity contribution < 1.29 is 11.0 Å². The molecule has 0 radical (unpaired) electrons. The van der Waals surface area contributed by atoms with E-state index in [-0.39, 0.29) is 7.40 Å². The molecule has 0 aromatic rings. The zero-order valence-electron chi connectivity index (χ0n) is 3.44. The Bertz CT molecular complexity index is 64.1. The Balaban J connectivity index is 0.000000360. The van der Waals surface area contributed by atoms with Crippen LogP contribution in [0.25, 0.3) is 0 Å². The molecule has 0 bridgehead atoms. The number of carbonyl (C=O) groups excluding carboxylic acids is 1. The predicted octanol–water partition coefficient (Wildman–Crippen LogP) is 0.569. The van der Waals surface area contributed by atoms with Crippen LogP contribution in [0.4, 0.5) is 0 Å². The van der Waals surface area contributed by atoms with Crippen molar-refractivity contribution in [1.82, 2.24) is 0 Å². The number of carbonyl (C=O) groups is 1. The van der Waals surface area contributed by atoms with Gasteiger partial charge in [-0.3, -0.25) is 4.79 Å². The fraction of sp³-hybridized carbons (Fsp3) is 0.750. The zero-order valence-corrected chi connectivity index (χ0v) is 3.44. The van der Waals surface area contributed by atoms with Gasteiger partial charge in [0.1, 0.15) is 0 Å². The van der Waals surface area contributed by atoms with E-state index in [0.29, 0.717) is 13.0 Å². The molecule has 2 heteroatoms. The van der Waals surface area contributed by atoms with Crippen LogP contribution in [0.3, 0.4) is 0 Å². The van der Waals surface area contributed by atoms with Gasteiger partial charge < -0.3 is 4.74 Å². The van der Waals surface area contributed by atoms with E-state index in [1.165, 1.54) is 0 Å². The summed E-state index contributed by atoms with van der Waals surface area (Å²) in [6.45, 7) is 0.638. The maximum absolute atomic E-state index is 10.0. The van der Waals surface area contributed by atoms with E-state index in [9.17, 15) is 4.79 Å². The second kappa shape index (κ2) is 1.29. The Hall–Kier alpha value is -0.530. The molecule has 1 heterocycles. The number of cyclic esters (lactones) is 1. The molecule has 2 nitrogen and oxygen atoms in total. The van der Waals surface area contributed by atoms with E-state index in [1.807, 2.05) is 0 Å². The summed E-state index contributed by atoms with van der Waals surface area (Å²) >= 11 is 0. The van der Waals surface area contributed by atoms with Crippen molar-refractivity contribution in [3.8, 4) is 0 Å².